The van der Waals surface area contributed by atoms with Gasteiger partial charge >= 0.3 is 0 Å². The van der Waals surface area contributed by atoms with E-state index < -0.39 is 0 Å². The number of nitrogens with zero attached hydrogens (tertiary/aromatic N) is 5. The van der Waals surface area contributed by atoms with Gasteiger partial charge in [0.15, 0.2) is 4.96 Å². The lowest BCUT2D eigenvalue weighted by Gasteiger charge is -2.26. The molecular weight excluding hydrogens is 428 g/mol. The zero-order valence-electron chi connectivity index (χ0n) is 18.0. The molecule has 4 heterocycles. The monoisotopic (exact) mass is 450 g/mol. The van der Waals surface area contributed by atoms with Crippen molar-refractivity contribution in [2.45, 2.75) is 6.54 Å². The maximum atomic E-state index is 4.91. The second-order valence-corrected chi connectivity index (χ2v) is 8.91. The average Bonchev–Trinajstić information content (AvgIpc) is 3.45. The van der Waals surface area contributed by atoms with E-state index in [4.69, 9.17) is 4.98 Å². The zero-order chi connectivity index (χ0) is 22.0. The van der Waals surface area contributed by atoms with E-state index in [2.05, 4.69) is 54.1 Å². The second kappa shape index (κ2) is 8.75. The predicted octanol–water partition coefficient (Wildman–Crippen LogP) is 3.81. The molecule has 7 heteroatoms. The molecule has 6 nitrogen and oxygen atoms in total. The Hall–Kier alpha value is -3.57. The summed E-state index contributed by atoms with van der Waals surface area (Å²) in [5, 5.41) is 5.64. The van der Waals surface area contributed by atoms with E-state index in [9.17, 15) is 0 Å². The summed E-state index contributed by atoms with van der Waals surface area (Å²) in [6.45, 7) is 5.20. The van der Waals surface area contributed by atoms with Crippen LogP contribution in [0.1, 0.15) is 17.0 Å². The number of imidazole rings is 1. The Bertz CT molecular complexity index is 1500. The highest BCUT2D eigenvalue weighted by Gasteiger charge is 2.15. The predicted molar refractivity (Wildman–Crippen MR) is 132 cm³/mol. The Morgan fingerprint density at radius 1 is 0.939 bits per heavy atom. The van der Waals surface area contributed by atoms with Crippen molar-refractivity contribution < 1.29 is 0 Å². The normalized spacial score (nSPS) is 14.4. The van der Waals surface area contributed by atoms with Gasteiger partial charge in [0.1, 0.15) is 5.69 Å². The van der Waals surface area contributed by atoms with Gasteiger partial charge < -0.3 is 5.32 Å². The van der Waals surface area contributed by atoms with Crippen LogP contribution >= 0.6 is 11.3 Å². The molecule has 1 fully saturated rings. The minimum atomic E-state index is 0.660. The van der Waals surface area contributed by atoms with Crippen LogP contribution in [0.2, 0.25) is 0 Å². The lowest BCUT2D eigenvalue weighted by molar-refractivity contribution is 0.230. The third kappa shape index (κ3) is 4.12. The number of para-hydroxylation sites is 2. The van der Waals surface area contributed by atoms with Gasteiger partial charge in [0, 0.05) is 61.1 Å². The molecular formula is C26H22N6S. The third-order valence-corrected chi connectivity index (χ3v) is 6.74. The van der Waals surface area contributed by atoms with Crippen molar-refractivity contribution in [2.24, 2.45) is 0 Å². The van der Waals surface area contributed by atoms with Crippen LogP contribution in [0.25, 0.3) is 27.3 Å². The number of rotatable bonds is 3. The van der Waals surface area contributed by atoms with Gasteiger partial charge in [-0.25, -0.2) is 9.97 Å². The van der Waals surface area contributed by atoms with Gasteiger partial charge in [0.05, 0.1) is 22.9 Å². The molecule has 0 aliphatic carbocycles. The Balaban J connectivity index is 1.32. The number of nitrogens with one attached hydrogen (secondary N) is 1. The fraction of sp³-hybridized carbons (Fsp3) is 0.192. The fourth-order valence-corrected chi connectivity index (χ4v) is 5.00. The summed E-state index contributed by atoms with van der Waals surface area (Å²) in [7, 11) is 0. The highest BCUT2D eigenvalue weighted by molar-refractivity contribution is 7.15. The first kappa shape index (κ1) is 20.1. The summed E-state index contributed by atoms with van der Waals surface area (Å²) in [6.07, 6.45) is 3.87. The minimum absolute atomic E-state index is 0.660. The molecule has 0 amide bonds. The van der Waals surface area contributed by atoms with Crippen LogP contribution in [-0.2, 0) is 6.54 Å². The number of piperazine rings is 1. The van der Waals surface area contributed by atoms with Crippen LogP contribution in [-0.4, -0.2) is 50.4 Å². The van der Waals surface area contributed by atoms with Crippen LogP contribution < -0.4 is 5.32 Å². The summed E-state index contributed by atoms with van der Waals surface area (Å²) in [4.78, 5) is 17.5. The van der Waals surface area contributed by atoms with Crippen LogP contribution in [0.15, 0.2) is 66.3 Å². The SMILES string of the molecule is C(#Cc1ccccc1-c1cn2c(CN3CCNCC3)csc2n1)c1cnc2ccccc2n1. The van der Waals surface area contributed by atoms with Gasteiger partial charge in [-0.05, 0) is 24.1 Å². The summed E-state index contributed by atoms with van der Waals surface area (Å²) >= 11 is 1.69. The summed E-state index contributed by atoms with van der Waals surface area (Å²) in [5.74, 6) is 6.48. The molecule has 0 radical (unpaired) electrons. The molecule has 1 saturated heterocycles. The summed E-state index contributed by atoms with van der Waals surface area (Å²) in [6, 6.07) is 16.0. The molecule has 0 unspecified atom stereocenters. The van der Waals surface area contributed by atoms with Gasteiger partial charge in [-0.2, -0.15) is 0 Å². The molecule has 1 N–H and O–H groups in total. The molecule has 3 aromatic heterocycles. The number of aromatic nitrogens is 4. The van der Waals surface area contributed by atoms with Crippen molar-refractivity contribution in [1.29, 1.82) is 0 Å². The van der Waals surface area contributed by atoms with Crippen molar-refractivity contribution >= 4 is 27.3 Å². The summed E-state index contributed by atoms with van der Waals surface area (Å²) < 4.78 is 2.22. The molecule has 0 atom stereocenters. The maximum Gasteiger partial charge on any atom is 0.194 e. The van der Waals surface area contributed by atoms with Crippen LogP contribution in [0, 0.1) is 11.8 Å². The van der Waals surface area contributed by atoms with Crippen LogP contribution in [0.4, 0.5) is 0 Å². The first-order valence-electron chi connectivity index (χ1n) is 11.1. The first-order chi connectivity index (χ1) is 16.3. The van der Waals surface area contributed by atoms with E-state index in [1.165, 1.54) is 5.69 Å². The number of benzene rings is 2. The zero-order valence-corrected chi connectivity index (χ0v) is 18.8. The highest BCUT2D eigenvalue weighted by Crippen LogP contribution is 2.26. The number of hydrogen-bond acceptors (Lipinski definition) is 6. The molecule has 0 bridgehead atoms. The van der Waals surface area contributed by atoms with E-state index in [0.717, 1.165) is 65.5 Å². The molecule has 2 aromatic carbocycles. The average molecular weight is 451 g/mol. The number of hydrogen-bond donors (Lipinski definition) is 1. The van der Waals surface area contributed by atoms with Gasteiger partial charge in [0.25, 0.3) is 0 Å². The molecule has 1 aliphatic heterocycles. The summed E-state index contributed by atoms with van der Waals surface area (Å²) in [5.41, 5.74) is 6.57. The molecule has 0 spiro atoms. The molecule has 33 heavy (non-hydrogen) atoms. The maximum absolute atomic E-state index is 4.91. The molecule has 6 rings (SSSR count). The lowest BCUT2D eigenvalue weighted by Crippen LogP contribution is -2.43. The molecule has 5 aromatic rings. The quantitative estimate of drug-likeness (QED) is 0.424. The van der Waals surface area contributed by atoms with Gasteiger partial charge in [-0.15, -0.1) is 11.3 Å². The standard InChI is InChI=1S/C26H22N6S/c1-2-6-22(19(5-1)9-10-20-15-28-23-7-3-4-8-24(23)29-20)25-17-32-21(18-33-26(32)30-25)16-31-13-11-27-12-14-31/h1-8,15,17-18,27H,11-14,16H2. The molecule has 0 saturated carbocycles. The Kier molecular flexibility index (Phi) is 5.32. The van der Waals surface area contributed by atoms with E-state index in [-0.39, 0.29) is 0 Å². The molecule has 162 valence electrons. The van der Waals surface area contributed by atoms with Crippen molar-refractivity contribution in [2.75, 3.05) is 26.2 Å². The lowest BCUT2D eigenvalue weighted by atomic mass is 10.1. The topological polar surface area (TPSA) is 58.4 Å². The largest absolute Gasteiger partial charge is 0.314 e. The molecule has 1 aliphatic rings. The fourth-order valence-electron chi connectivity index (χ4n) is 4.14. The van der Waals surface area contributed by atoms with Crippen LogP contribution in [0.3, 0.4) is 0 Å². The Morgan fingerprint density at radius 3 is 2.67 bits per heavy atom. The van der Waals surface area contributed by atoms with Crippen molar-refractivity contribution in [3.05, 3.63) is 83.3 Å². The Labute approximate surface area is 196 Å². The van der Waals surface area contributed by atoms with Gasteiger partial charge in [-0.3, -0.25) is 14.3 Å². The first-order valence-corrected chi connectivity index (χ1v) is 11.9. The third-order valence-electron chi connectivity index (χ3n) is 5.86. The van der Waals surface area contributed by atoms with Gasteiger partial charge in [-0.1, -0.05) is 36.3 Å². The van der Waals surface area contributed by atoms with Crippen LogP contribution in [0.5, 0.6) is 0 Å². The Morgan fingerprint density at radius 2 is 1.76 bits per heavy atom. The number of thiazole rings is 1. The van der Waals surface area contributed by atoms with E-state index in [1.807, 2.05) is 42.5 Å². The second-order valence-electron chi connectivity index (χ2n) is 8.07. The van der Waals surface area contributed by atoms with Gasteiger partial charge in [0.2, 0.25) is 0 Å². The van der Waals surface area contributed by atoms with E-state index in [0.29, 0.717) is 5.69 Å². The van der Waals surface area contributed by atoms with Crippen molar-refractivity contribution in [3.63, 3.8) is 0 Å². The van der Waals surface area contributed by atoms with E-state index in [1.54, 1.807) is 17.5 Å². The number of fused-ring (bicyclic) bond motifs is 2. The highest BCUT2D eigenvalue weighted by atomic mass is 32.1. The van der Waals surface area contributed by atoms with Crippen molar-refractivity contribution in [1.82, 2.24) is 29.6 Å². The van der Waals surface area contributed by atoms with E-state index >= 15 is 0 Å². The smallest absolute Gasteiger partial charge is 0.194 e. The minimum Gasteiger partial charge on any atom is -0.314 e. The van der Waals surface area contributed by atoms with Crippen molar-refractivity contribution in [3.8, 4) is 23.1 Å².